The zero-order chi connectivity index (χ0) is 13.3. The third kappa shape index (κ3) is 4.44. The van der Waals surface area contributed by atoms with E-state index in [1.54, 1.807) is 0 Å². The van der Waals surface area contributed by atoms with Crippen LogP contribution in [0.3, 0.4) is 0 Å². The highest BCUT2D eigenvalue weighted by Crippen LogP contribution is 2.14. The predicted octanol–water partition coefficient (Wildman–Crippen LogP) is 3.32. The van der Waals surface area contributed by atoms with Gasteiger partial charge in [0.25, 0.3) is 5.91 Å². The van der Waals surface area contributed by atoms with E-state index in [-0.39, 0.29) is 5.91 Å². The van der Waals surface area contributed by atoms with Crippen LogP contribution < -0.4 is 5.32 Å². The van der Waals surface area contributed by atoms with E-state index in [0.717, 1.165) is 30.4 Å². The molecule has 1 aromatic carbocycles. The van der Waals surface area contributed by atoms with Crippen molar-refractivity contribution in [1.82, 2.24) is 5.32 Å². The minimum absolute atomic E-state index is 0.00181. The highest BCUT2D eigenvalue weighted by atomic mass is 16.1. The van der Waals surface area contributed by atoms with Gasteiger partial charge in [-0.15, -0.1) is 5.92 Å². The summed E-state index contributed by atoms with van der Waals surface area (Å²) in [6.07, 6.45) is 8.07. The van der Waals surface area contributed by atoms with E-state index < -0.39 is 0 Å². The Labute approximate surface area is 115 Å². The number of aryl methyl sites for hydroxylation is 1. The Morgan fingerprint density at radius 3 is 2.68 bits per heavy atom. The third-order valence-electron chi connectivity index (χ3n) is 3.47. The molecule has 2 heteroatoms. The zero-order valence-electron chi connectivity index (χ0n) is 11.4. The second kappa shape index (κ2) is 7.63. The first kappa shape index (κ1) is 13.7. The molecule has 1 aliphatic heterocycles. The Bertz CT molecular complexity index is 482. The van der Waals surface area contributed by atoms with Crippen molar-refractivity contribution in [3.63, 3.8) is 0 Å². The molecule has 0 atom stereocenters. The number of fused-ring (bicyclic) bond motifs is 1. The fraction of sp³-hybridized carbons (Fsp3) is 0.471. The molecular formula is C17H21NO. The number of benzene rings is 1. The second-order valence-electron chi connectivity index (χ2n) is 4.96. The quantitative estimate of drug-likeness (QED) is 0.708. The van der Waals surface area contributed by atoms with Crippen LogP contribution in [0.15, 0.2) is 24.3 Å². The van der Waals surface area contributed by atoms with E-state index in [0.29, 0.717) is 6.54 Å². The molecule has 0 bridgehead atoms. The van der Waals surface area contributed by atoms with Gasteiger partial charge in [-0.1, -0.05) is 43.4 Å². The number of hydrogen-bond donors (Lipinski definition) is 1. The Balaban J connectivity index is 2.10. The normalized spacial score (nSPS) is 17.4. The van der Waals surface area contributed by atoms with Crippen LogP contribution in [0.2, 0.25) is 0 Å². The van der Waals surface area contributed by atoms with Crippen molar-refractivity contribution in [2.45, 2.75) is 44.9 Å². The van der Waals surface area contributed by atoms with Gasteiger partial charge in [0.15, 0.2) is 0 Å². The standard InChI is InChI=1S/C17H21NO/c19-17-16-13-9-8-12-15(16)11-7-5-3-1-2-4-6-10-14-18-17/h8-9,12-13H,1-5,7,11,14H2,(H,18,19). The SMILES string of the molecule is O=C1NCC#CCCCCCCCc2ccccc21. The molecule has 100 valence electrons. The highest BCUT2D eigenvalue weighted by molar-refractivity contribution is 5.95. The maximum atomic E-state index is 12.1. The lowest BCUT2D eigenvalue weighted by Crippen LogP contribution is -2.24. The molecule has 1 aliphatic rings. The number of rotatable bonds is 0. The van der Waals surface area contributed by atoms with Crippen molar-refractivity contribution in [2.24, 2.45) is 0 Å². The van der Waals surface area contributed by atoms with E-state index in [1.807, 2.05) is 18.2 Å². The highest BCUT2D eigenvalue weighted by Gasteiger charge is 2.09. The lowest BCUT2D eigenvalue weighted by molar-refractivity contribution is 0.0957. The van der Waals surface area contributed by atoms with Crippen molar-refractivity contribution in [1.29, 1.82) is 0 Å². The summed E-state index contributed by atoms with van der Waals surface area (Å²) in [5, 5.41) is 2.88. The Hall–Kier alpha value is -1.75. The minimum Gasteiger partial charge on any atom is -0.341 e. The van der Waals surface area contributed by atoms with E-state index in [9.17, 15) is 4.79 Å². The predicted molar refractivity (Wildman–Crippen MR) is 78.0 cm³/mol. The van der Waals surface area contributed by atoms with Gasteiger partial charge in [-0.25, -0.2) is 0 Å². The van der Waals surface area contributed by atoms with Crippen LogP contribution in [0.5, 0.6) is 0 Å². The molecular weight excluding hydrogens is 234 g/mol. The number of hydrogen-bond acceptors (Lipinski definition) is 1. The molecule has 1 amide bonds. The molecule has 0 saturated carbocycles. The summed E-state index contributed by atoms with van der Waals surface area (Å²) in [6, 6.07) is 7.90. The zero-order valence-corrected chi connectivity index (χ0v) is 11.4. The largest absolute Gasteiger partial charge is 0.341 e. The number of carbonyl (C=O) groups is 1. The Morgan fingerprint density at radius 1 is 0.947 bits per heavy atom. The van der Waals surface area contributed by atoms with Crippen LogP contribution in [0.1, 0.15) is 54.4 Å². The number of nitrogens with one attached hydrogen (secondary N) is 1. The summed E-state index contributed by atoms with van der Waals surface area (Å²) in [5.74, 6) is 6.14. The van der Waals surface area contributed by atoms with Crippen molar-refractivity contribution in [3.8, 4) is 11.8 Å². The lowest BCUT2D eigenvalue weighted by Gasteiger charge is -2.09. The van der Waals surface area contributed by atoms with E-state index in [2.05, 4.69) is 23.2 Å². The smallest absolute Gasteiger partial charge is 0.252 e. The van der Waals surface area contributed by atoms with Crippen LogP contribution in [-0.4, -0.2) is 12.5 Å². The van der Waals surface area contributed by atoms with Crippen molar-refractivity contribution < 1.29 is 4.79 Å². The van der Waals surface area contributed by atoms with Gasteiger partial charge < -0.3 is 5.32 Å². The van der Waals surface area contributed by atoms with Gasteiger partial charge in [-0.2, -0.15) is 0 Å². The molecule has 2 nitrogen and oxygen atoms in total. The fourth-order valence-electron chi connectivity index (χ4n) is 2.39. The summed E-state index contributed by atoms with van der Waals surface area (Å²) in [6.45, 7) is 0.452. The number of amides is 1. The molecule has 0 saturated heterocycles. The summed E-state index contributed by atoms with van der Waals surface area (Å²) < 4.78 is 0. The molecule has 1 heterocycles. The maximum absolute atomic E-state index is 12.1. The summed E-state index contributed by atoms with van der Waals surface area (Å²) >= 11 is 0. The Kier molecular flexibility index (Phi) is 5.49. The Morgan fingerprint density at radius 2 is 1.74 bits per heavy atom. The summed E-state index contributed by atoms with van der Waals surface area (Å²) in [5.41, 5.74) is 1.96. The first-order valence-corrected chi connectivity index (χ1v) is 7.20. The maximum Gasteiger partial charge on any atom is 0.252 e. The molecule has 19 heavy (non-hydrogen) atoms. The average molecular weight is 255 g/mol. The first-order valence-electron chi connectivity index (χ1n) is 7.20. The van der Waals surface area contributed by atoms with Crippen molar-refractivity contribution in [3.05, 3.63) is 35.4 Å². The monoisotopic (exact) mass is 255 g/mol. The molecule has 1 aromatic rings. The summed E-state index contributed by atoms with van der Waals surface area (Å²) in [7, 11) is 0. The molecule has 0 aromatic heterocycles. The van der Waals surface area contributed by atoms with E-state index in [4.69, 9.17) is 0 Å². The lowest BCUT2D eigenvalue weighted by atomic mass is 10.00. The van der Waals surface area contributed by atoms with Crippen LogP contribution in [0, 0.1) is 11.8 Å². The topological polar surface area (TPSA) is 29.1 Å². The third-order valence-corrected chi connectivity index (χ3v) is 3.47. The van der Waals surface area contributed by atoms with Crippen LogP contribution in [-0.2, 0) is 6.42 Å². The van der Waals surface area contributed by atoms with Gasteiger partial charge >= 0.3 is 0 Å². The van der Waals surface area contributed by atoms with Gasteiger partial charge in [-0.3, -0.25) is 4.79 Å². The van der Waals surface area contributed by atoms with E-state index >= 15 is 0 Å². The van der Waals surface area contributed by atoms with Crippen LogP contribution >= 0.6 is 0 Å². The van der Waals surface area contributed by atoms with Gasteiger partial charge in [0, 0.05) is 12.0 Å². The van der Waals surface area contributed by atoms with Crippen molar-refractivity contribution >= 4 is 5.91 Å². The molecule has 0 radical (unpaired) electrons. The molecule has 0 spiro atoms. The summed E-state index contributed by atoms with van der Waals surface area (Å²) in [4.78, 5) is 12.1. The minimum atomic E-state index is 0.00181. The van der Waals surface area contributed by atoms with Crippen molar-refractivity contribution in [2.75, 3.05) is 6.54 Å². The average Bonchev–Trinajstić information content (AvgIpc) is 2.44. The second-order valence-corrected chi connectivity index (χ2v) is 4.96. The van der Waals surface area contributed by atoms with Gasteiger partial charge in [0.05, 0.1) is 6.54 Å². The molecule has 0 unspecified atom stereocenters. The van der Waals surface area contributed by atoms with E-state index in [1.165, 1.54) is 25.7 Å². The first-order chi connectivity index (χ1) is 9.38. The molecule has 1 N–H and O–H groups in total. The number of carbonyl (C=O) groups excluding carboxylic acids is 1. The van der Waals surface area contributed by atoms with Crippen LogP contribution in [0.25, 0.3) is 0 Å². The molecule has 0 aliphatic carbocycles. The molecule has 2 rings (SSSR count). The van der Waals surface area contributed by atoms with Gasteiger partial charge in [0.1, 0.15) is 0 Å². The van der Waals surface area contributed by atoms with Gasteiger partial charge in [-0.05, 0) is 30.9 Å². The fourth-order valence-corrected chi connectivity index (χ4v) is 2.39. The molecule has 0 fully saturated rings. The van der Waals surface area contributed by atoms with Crippen LogP contribution in [0.4, 0.5) is 0 Å². The van der Waals surface area contributed by atoms with Gasteiger partial charge in [0.2, 0.25) is 0 Å².